The normalized spacial score (nSPS) is 14.1. The van der Waals surface area contributed by atoms with Crippen molar-refractivity contribution in [2.75, 3.05) is 6.54 Å². The van der Waals surface area contributed by atoms with Gasteiger partial charge in [0.2, 0.25) is 5.91 Å². The summed E-state index contributed by atoms with van der Waals surface area (Å²) >= 11 is 0. The van der Waals surface area contributed by atoms with Gasteiger partial charge >= 0.3 is 5.97 Å². The third-order valence-electron chi connectivity index (χ3n) is 3.66. The molecule has 0 aliphatic carbocycles. The van der Waals surface area contributed by atoms with Crippen molar-refractivity contribution in [2.24, 2.45) is 5.92 Å². The average Bonchev–Trinajstić information content (AvgIpc) is 2.41. The number of hydrogen-bond donors (Lipinski definition) is 3. The minimum Gasteiger partial charge on any atom is -0.481 e. The Kier molecular flexibility index (Phi) is 10.1. The number of carboxylic acid groups (broad SMARTS) is 1. The number of hydrogen-bond acceptors (Lipinski definition) is 3. The summed E-state index contributed by atoms with van der Waals surface area (Å²) < 4.78 is 0. The number of rotatable bonds is 11. The summed E-state index contributed by atoms with van der Waals surface area (Å²) in [5, 5.41) is 14.8. The monoisotopic (exact) mass is 286 g/mol. The highest BCUT2D eigenvalue weighted by molar-refractivity contribution is 5.81. The number of carbonyl (C=O) groups is 2. The van der Waals surface area contributed by atoms with Crippen LogP contribution >= 0.6 is 0 Å². The fourth-order valence-corrected chi connectivity index (χ4v) is 1.97. The Hall–Kier alpha value is -1.10. The molecule has 20 heavy (non-hydrogen) atoms. The van der Waals surface area contributed by atoms with E-state index in [1.807, 2.05) is 13.8 Å². The maximum atomic E-state index is 11.9. The zero-order chi connectivity index (χ0) is 15.5. The SMILES string of the molecule is CCC(CC)NC(=O)C(C)NCCC(C)CCC(=O)O. The Morgan fingerprint density at radius 2 is 1.70 bits per heavy atom. The van der Waals surface area contributed by atoms with Crippen LogP contribution in [0.3, 0.4) is 0 Å². The zero-order valence-corrected chi connectivity index (χ0v) is 13.2. The quantitative estimate of drug-likeness (QED) is 0.544. The van der Waals surface area contributed by atoms with Gasteiger partial charge in [0.05, 0.1) is 6.04 Å². The molecule has 0 aliphatic rings. The molecule has 0 aliphatic heterocycles. The summed E-state index contributed by atoms with van der Waals surface area (Å²) in [5.41, 5.74) is 0. The first-order chi connectivity index (χ1) is 9.40. The number of aliphatic carboxylic acids is 1. The third kappa shape index (κ3) is 8.91. The van der Waals surface area contributed by atoms with Gasteiger partial charge in [0, 0.05) is 12.5 Å². The zero-order valence-electron chi connectivity index (χ0n) is 13.2. The van der Waals surface area contributed by atoms with Gasteiger partial charge in [-0.25, -0.2) is 0 Å². The molecule has 1 amide bonds. The number of carboxylic acids is 1. The van der Waals surface area contributed by atoms with E-state index in [4.69, 9.17) is 5.11 Å². The molecule has 0 fully saturated rings. The molecule has 5 nitrogen and oxygen atoms in total. The standard InChI is InChI=1S/C15H30N2O3/c1-5-13(6-2)17-15(20)12(4)16-10-9-11(3)7-8-14(18)19/h11-13,16H,5-10H2,1-4H3,(H,17,20)(H,18,19). The molecule has 0 saturated carbocycles. The average molecular weight is 286 g/mol. The van der Waals surface area contributed by atoms with Gasteiger partial charge in [-0.1, -0.05) is 20.8 Å². The lowest BCUT2D eigenvalue weighted by molar-refractivity contribution is -0.137. The van der Waals surface area contributed by atoms with Crippen molar-refractivity contribution in [2.45, 2.75) is 71.9 Å². The van der Waals surface area contributed by atoms with Crippen LogP contribution in [0.1, 0.15) is 59.8 Å². The number of nitrogens with one attached hydrogen (secondary N) is 2. The van der Waals surface area contributed by atoms with Crippen molar-refractivity contribution in [3.63, 3.8) is 0 Å². The molecule has 0 saturated heterocycles. The first kappa shape index (κ1) is 18.9. The highest BCUT2D eigenvalue weighted by Crippen LogP contribution is 2.09. The molecular weight excluding hydrogens is 256 g/mol. The van der Waals surface area contributed by atoms with E-state index in [2.05, 4.69) is 24.5 Å². The second kappa shape index (κ2) is 10.7. The van der Waals surface area contributed by atoms with Crippen LogP contribution in [0.4, 0.5) is 0 Å². The van der Waals surface area contributed by atoms with E-state index in [1.165, 1.54) is 0 Å². The van der Waals surface area contributed by atoms with Gasteiger partial charge in [-0.05, 0) is 45.1 Å². The fourth-order valence-electron chi connectivity index (χ4n) is 1.97. The summed E-state index contributed by atoms with van der Waals surface area (Å²) in [6, 6.07) is 0.0449. The van der Waals surface area contributed by atoms with E-state index < -0.39 is 5.97 Å². The first-order valence-corrected chi connectivity index (χ1v) is 7.66. The van der Waals surface area contributed by atoms with Crippen LogP contribution in [-0.4, -0.2) is 35.6 Å². The van der Waals surface area contributed by atoms with E-state index >= 15 is 0 Å². The van der Waals surface area contributed by atoms with Crippen molar-refractivity contribution in [1.29, 1.82) is 0 Å². The Balaban J connectivity index is 3.83. The van der Waals surface area contributed by atoms with Crippen LogP contribution in [-0.2, 0) is 9.59 Å². The largest absolute Gasteiger partial charge is 0.481 e. The topological polar surface area (TPSA) is 78.4 Å². The van der Waals surface area contributed by atoms with Gasteiger partial charge in [0.25, 0.3) is 0 Å². The third-order valence-corrected chi connectivity index (χ3v) is 3.66. The molecular formula is C15H30N2O3. The second-order valence-corrected chi connectivity index (χ2v) is 5.52. The van der Waals surface area contributed by atoms with E-state index in [9.17, 15) is 9.59 Å². The molecule has 5 heteroatoms. The molecule has 0 radical (unpaired) electrons. The predicted molar refractivity (Wildman–Crippen MR) is 80.6 cm³/mol. The van der Waals surface area contributed by atoms with Crippen LogP contribution in [0.25, 0.3) is 0 Å². The molecule has 0 aromatic rings. The van der Waals surface area contributed by atoms with Gasteiger partial charge in [-0.15, -0.1) is 0 Å². The van der Waals surface area contributed by atoms with Gasteiger partial charge in [-0.3, -0.25) is 9.59 Å². The highest BCUT2D eigenvalue weighted by Gasteiger charge is 2.15. The molecule has 0 spiro atoms. The smallest absolute Gasteiger partial charge is 0.303 e. The molecule has 0 bridgehead atoms. The minimum atomic E-state index is -0.747. The van der Waals surface area contributed by atoms with Crippen molar-refractivity contribution < 1.29 is 14.7 Å². The maximum absolute atomic E-state index is 11.9. The van der Waals surface area contributed by atoms with Crippen molar-refractivity contribution in [1.82, 2.24) is 10.6 Å². The lowest BCUT2D eigenvalue weighted by Crippen LogP contribution is -2.46. The summed E-state index contributed by atoms with van der Waals surface area (Å²) in [5.74, 6) is -0.354. The van der Waals surface area contributed by atoms with Crippen LogP contribution < -0.4 is 10.6 Å². The lowest BCUT2D eigenvalue weighted by atomic mass is 10.0. The first-order valence-electron chi connectivity index (χ1n) is 7.66. The Bertz CT molecular complexity index is 291. The molecule has 2 unspecified atom stereocenters. The fraction of sp³-hybridized carbons (Fsp3) is 0.867. The Morgan fingerprint density at radius 1 is 1.10 bits per heavy atom. The van der Waals surface area contributed by atoms with Gasteiger partial charge in [-0.2, -0.15) is 0 Å². The minimum absolute atomic E-state index is 0.0388. The van der Waals surface area contributed by atoms with Crippen LogP contribution in [0.5, 0.6) is 0 Å². The van der Waals surface area contributed by atoms with E-state index in [-0.39, 0.29) is 24.4 Å². The molecule has 0 aromatic carbocycles. The van der Waals surface area contributed by atoms with Crippen LogP contribution in [0.15, 0.2) is 0 Å². The number of carbonyl (C=O) groups excluding carboxylic acids is 1. The summed E-state index contributed by atoms with van der Waals surface area (Å²) in [7, 11) is 0. The molecule has 3 N–H and O–H groups in total. The van der Waals surface area contributed by atoms with Crippen LogP contribution in [0.2, 0.25) is 0 Å². The highest BCUT2D eigenvalue weighted by atomic mass is 16.4. The van der Waals surface area contributed by atoms with Gasteiger partial charge < -0.3 is 15.7 Å². The molecule has 0 rings (SSSR count). The number of amides is 1. The summed E-state index contributed by atoms with van der Waals surface area (Å²) in [4.78, 5) is 22.4. The molecule has 2 atom stereocenters. The Morgan fingerprint density at radius 3 is 2.20 bits per heavy atom. The lowest BCUT2D eigenvalue weighted by Gasteiger charge is -2.20. The predicted octanol–water partition coefficient (Wildman–Crippen LogP) is 2.16. The van der Waals surface area contributed by atoms with E-state index in [1.54, 1.807) is 0 Å². The van der Waals surface area contributed by atoms with Crippen LogP contribution in [0, 0.1) is 5.92 Å². The Labute approximate surface area is 122 Å². The maximum Gasteiger partial charge on any atom is 0.303 e. The van der Waals surface area contributed by atoms with E-state index in [0.717, 1.165) is 25.8 Å². The van der Waals surface area contributed by atoms with Gasteiger partial charge in [0.1, 0.15) is 0 Å². The molecule has 0 aromatic heterocycles. The summed E-state index contributed by atoms with van der Waals surface area (Å²) in [6.07, 6.45) is 3.68. The molecule has 118 valence electrons. The van der Waals surface area contributed by atoms with Gasteiger partial charge in [0.15, 0.2) is 0 Å². The van der Waals surface area contributed by atoms with Crippen molar-refractivity contribution >= 4 is 11.9 Å². The van der Waals surface area contributed by atoms with E-state index in [0.29, 0.717) is 12.3 Å². The van der Waals surface area contributed by atoms with Crippen molar-refractivity contribution in [3.8, 4) is 0 Å². The summed E-state index contributed by atoms with van der Waals surface area (Å²) in [6.45, 7) is 8.77. The second-order valence-electron chi connectivity index (χ2n) is 5.52. The van der Waals surface area contributed by atoms with Crippen molar-refractivity contribution in [3.05, 3.63) is 0 Å². The molecule has 0 heterocycles.